The number of rotatable bonds is 40. The van der Waals surface area contributed by atoms with Crippen molar-refractivity contribution in [2.75, 3.05) is 19.6 Å². The van der Waals surface area contributed by atoms with E-state index in [0.29, 0.717) is 12.0 Å². The van der Waals surface area contributed by atoms with Crippen molar-refractivity contribution in [3.63, 3.8) is 0 Å². The number of guanidine groups is 3. The van der Waals surface area contributed by atoms with Crippen molar-refractivity contribution in [2.45, 2.75) is 180 Å². The van der Waals surface area contributed by atoms with Gasteiger partial charge in [0.2, 0.25) is 53.2 Å². The van der Waals surface area contributed by atoms with Crippen LogP contribution in [-0.4, -0.2) is 161 Å². The molecule has 31 heteroatoms. The van der Waals surface area contributed by atoms with Gasteiger partial charge in [-0.25, -0.2) is 4.79 Å². The Kier molecular flexibility index (Phi) is 33.5. The van der Waals surface area contributed by atoms with Gasteiger partial charge in [0.1, 0.15) is 54.1 Å². The van der Waals surface area contributed by atoms with E-state index in [4.69, 9.17) is 44.9 Å². The lowest BCUT2D eigenvalue weighted by molar-refractivity contribution is -0.142. The van der Waals surface area contributed by atoms with Gasteiger partial charge in [0, 0.05) is 32.5 Å². The van der Waals surface area contributed by atoms with Crippen molar-refractivity contribution in [2.24, 2.45) is 46.4 Å². The zero-order chi connectivity index (χ0) is 63.8. The number of aromatic hydroxyl groups is 1. The van der Waals surface area contributed by atoms with Crippen LogP contribution in [0.2, 0.25) is 0 Å². The SMILES string of the molecule is CC[C@H](C)[C@H](NC(=O)[C@H](Cc1ccc(O)cc1)NC(=O)[C@H](CCCNC(=N)N)NC(=O)[C@H](C)N)C(=O)N[C@@H](CCCNC(=N)N)C(=O)N[C@@H](CC(C)C)C(=O)N[C@@H](CCCNC(=N)N)C(=O)N[C@@H](CC(C)C)C(=O)N[C@@H](CCC(N)=O)C(=O)O. The summed E-state index contributed by atoms with van der Waals surface area (Å²) >= 11 is 0. The van der Waals surface area contributed by atoms with E-state index < -0.39 is 119 Å². The molecule has 84 heavy (non-hydrogen) atoms. The predicted molar refractivity (Wildman–Crippen MR) is 313 cm³/mol. The summed E-state index contributed by atoms with van der Waals surface area (Å²) in [5.41, 5.74) is 27.9. The minimum atomic E-state index is -1.53. The second-order valence-electron chi connectivity index (χ2n) is 21.5. The third-order valence-corrected chi connectivity index (χ3v) is 13.0. The van der Waals surface area contributed by atoms with Crippen LogP contribution >= 0.6 is 0 Å². The average molecular weight is 1190 g/mol. The van der Waals surface area contributed by atoms with Gasteiger partial charge in [-0.1, -0.05) is 60.1 Å². The van der Waals surface area contributed by atoms with Gasteiger partial charge >= 0.3 is 5.97 Å². The van der Waals surface area contributed by atoms with Crippen molar-refractivity contribution in [1.29, 1.82) is 16.2 Å². The lowest BCUT2D eigenvalue weighted by Gasteiger charge is -2.30. The van der Waals surface area contributed by atoms with Gasteiger partial charge in [-0.2, -0.15) is 0 Å². The van der Waals surface area contributed by atoms with Crippen molar-refractivity contribution >= 4 is 77.0 Å². The van der Waals surface area contributed by atoms with E-state index in [2.05, 4.69) is 58.5 Å². The first-order valence-electron chi connectivity index (χ1n) is 28.1. The molecule has 26 N–H and O–H groups in total. The van der Waals surface area contributed by atoms with Gasteiger partial charge in [0.15, 0.2) is 17.9 Å². The molecule has 472 valence electrons. The van der Waals surface area contributed by atoms with Crippen LogP contribution in [0.4, 0.5) is 0 Å². The van der Waals surface area contributed by atoms with E-state index in [1.807, 2.05) is 0 Å². The third-order valence-electron chi connectivity index (χ3n) is 13.0. The van der Waals surface area contributed by atoms with Crippen molar-refractivity contribution < 1.29 is 58.2 Å². The summed E-state index contributed by atoms with van der Waals surface area (Å²) in [7, 11) is 0. The Hall–Kier alpha value is -8.51. The fraction of sp³-hybridized carbons (Fsp3) is 0.642. The number of nitrogens with two attached hydrogens (primary N) is 5. The molecule has 0 heterocycles. The summed E-state index contributed by atoms with van der Waals surface area (Å²) in [4.78, 5) is 136. The Bertz CT molecular complexity index is 2390. The monoisotopic (exact) mass is 1190 g/mol. The highest BCUT2D eigenvalue weighted by atomic mass is 16.4. The minimum Gasteiger partial charge on any atom is -0.508 e. The number of carbonyl (C=O) groups excluding carboxylic acids is 9. The molecule has 0 saturated carbocycles. The standard InChI is InChI=1S/C53H93N19O12/c1-8-29(6)41(72-48(81)39(26-31-15-17-32(73)18-16-31)71-43(76)33(65-42(75)30(7)54)12-9-21-62-51(56)57)49(82)67-35(14-11-23-64-53(60)61)45(78)69-37(24-27(2)3)46(79)66-34(13-10-22-63-52(58)59)44(77)70-38(25-28(4)5)47(80)68-36(50(83)84)19-20-40(55)74/h15-18,27-30,33-39,41,73H,8-14,19-26,54H2,1-7H3,(H2,55,74)(H,65,75)(H,66,79)(H,67,82)(H,68,80)(H,69,78)(H,70,77)(H,71,76)(H,72,81)(H,83,84)(H4,56,57,62)(H4,58,59,63)(H4,60,61,64)/t29-,30-,33-,34-,35-,36-,37-,38-,39-,41-/m0/s1. The molecule has 0 saturated heterocycles. The number of benzene rings is 1. The average Bonchev–Trinajstić information content (AvgIpc) is 3.41. The minimum absolute atomic E-state index is 0.00456. The zero-order valence-corrected chi connectivity index (χ0v) is 49.2. The third kappa shape index (κ3) is 30.0. The molecule has 31 nitrogen and oxygen atoms in total. The summed E-state index contributed by atoms with van der Waals surface area (Å²) in [5, 5.41) is 71.3. The number of hydrogen-bond acceptors (Lipinski definition) is 15. The van der Waals surface area contributed by atoms with Crippen LogP contribution < -0.4 is 87.2 Å². The van der Waals surface area contributed by atoms with Crippen molar-refractivity contribution in [1.82, 2.24) is 58.5 Å². The molecule has 0 aliphatic rings. The van der Waals surface area contributed by atoms with Crippen LogP contribution in [0.1, 0.15) is 125 Å². The van der Waals surface area contributed by atoms with Crippen LogP contribution in [0.3, 0.4) is 0 Å². The highest BCUT2D eigenvalue weighted by Crippen LogP contribution is 2.16. The molecule has 1 rings (SSSR count). The second kappa shape index (κ2) is 38.3. The number of carboxylic acids is 1. The summed E-state index contributed by atoms with van der Waals surface area (Å²) in [6.07, 6.45) is -0.185. The first kappa shape index (κ1) is 73.5. The largest absolute Gasteiger partial charge is 0.508 e. The number of carbonyl (C=O) groups is 10. The Morgan fingerprint density at radius 1 is 0.476 bits per heavy atom. The first-order valence-corrected chi connectivity index (χ1v) is 28.1. The highest BCUT2D eigenvalue weighted by molar-refractivity contribution is 5.98. The molecule has 0 bridgehead atoms. The number of phenols is 1. The van der Waals surface area contributed by atoms with Crippen LogP contribution in [0.25, 0.3) is 0 Å². The molecule has 0 fully saturated rings. The lowest BCUT2D eigenvalue weighted by Crippen LogP contribution is -2.61. The molecule has 0 aliphatic heterocycles. The fourth-order valence-corrected chi connectivity index (χ4v) is 8.30. The molecule has 1 aromatic rings. The van der Waals surface area contributed by atoms with E-state index in [-0.39, 0.29) is 126 Å². The molecular formula is C53H93N19O12. The van der Waals surface area contributed by atoms with E-state index >= 15 is 0 Å². The molecular weight excluding hydrogens is 1090 g/mol. The van der Waals surface area contributed by atoms with E-state index in [1.54, 1.807) is 41.5 Å². The smallest absolute Gasteiger partial charge is 0.326 e. The zero-order valence-electron chi connectivity index (χ0n) is 49.2. The molecule has 1 aromatic carbocycles. The van der Waals surface area contributed by atoms with Crippen LogP contribution in [0.15, 0.2) is 24.3 Å². The van der Waals surface area contributed by atoms with Gasteiger partial charge in [0.25, 0.3) is 0 Å². The number of primary amides is 1. The van der Waals surface area contributed by atoms with Gasteiger partial charge < -0.3 is 97.4 Å². The number of aliphatic carboxylic acids is 1. The predicted octanol–water partition coefficient (Wildman–Crippen LogP) is -3.56. The number of hydrogen-bond donors (Lipinski definition) is 21. The number of phenolic OH excluding ortho intramolecular Hbond substituents is 1. The topological polar surface area (TPSA) is 545 Å². The molecule has 0 aromatic heterocycles. The summed E-state index contributed by atoms with van der Waals surface area (Å²) in [5.74, 6) is -11.0. The summed E-state index contributed by atoms with van der Waals surface area (Å²) < 4.78 is 0. The lowest BCUT2D eigenvalue weighted by atomic mass is 9.96. The fourth-order valence-electron chi connectivity index (χ4n) is 8.30. The maximum absolute atomic E-state index is 14.6. The van der Waals surface area contributed by atoms with E-state index in [1.165, 1.54) is 31.2 Å². The molecule has 0 radical (unpaired) electrons. The van der Waals surface area contributed by atoms with Crippen LogP contribution in [0, 0.1) is 34.0 Å². The Labute approximate surface area is 490 Å². The van der Waals surface area contributed by atoms with Gasteiger partial charge in [-0.3, -0.25) is 59.4 Å². The van der Waals surface area contributed by atoms with Gasteiger partial charge in [-0.15, -0.1) is 0 Å². The highest BCUT2D eigenvalue weighted by Gasteiger charge is 2.36. The van der Waals surface area contributed by atoms with Crippen molar-refractivity contribution in [3.8, 4) is 5.75 Å². The molecule has 9 amide bonds. The maximum Gasteiger partial charge on any atom is 0.326 e. The number of nitrogens with one attached hydrogen (secondary N) is 14. The maximum atomic E-state index is 14.6. The van der Waals surface area contributed by atoms with Crippen LogP contribution in [0.5, 0.6) is 5.75 Å². The Morgan fingerprint density at radius 2 is 0.821 bits per heavy atom. The molecule has 10 atom stereocenters. The summed E-state index contributed by atoms with van der Waals surface area (Å²) in [6, 6.07) is -6.24. The first-order chi connectivity index (χ1) is 39.3. The van der Waals surface area contributed by atoms with E-state index in [0.717, 1.165) is 0 Å². The molecule has 0 aliphatic carbocycles. The van der Waals surface area contributed by atoms with Gasteiger partial charge in [-0.05, 0) is 100 Å². The molecule has 0 spiro atoms. The normalized spacial score (nSPS) is 14.6. The second-order valence-corrected chi connectivity index (χ2v) is 21.5. The molecule has 0 unspecified atom stereocenters. The Morgan fingerprint density at radius 3 is 1.18 bits per heavy atom. The number of carboxylic acid groups (broad SMARTS) is 1. The quantitative estimate of drug-likeness (QED) is 0.0172. The van der Waals surface area contributed by atoms with Gasteiger partial charge in [0.05, 0.1) is 6.04 Å². The number of amides is 9. The van der Waals surface area contributed by atoms with Crippen LogP contribution in [-0.2, 0) is 54.4 Å². The summed E-state index contributed by atoms with van der Waals surface area (Å²) in [6.45, 7) is 12.2. The Balaban J connectivity index is 3.73. The van der Waals surface area contributed by atoms with E-state index in [9.17, 15) is 58.2 Å². The van der Waals surface area contributed by atoms with Crippen molar-refractivity contribution in [3.05, 3.63) is 29.8 Å².